The summed E-state index contributed by atoms with van der Waals surface area (Å²) in [5.41, 5.74) is 1.48. The van der Waals surface area contributed by atoms with E-state index in [1.54, 1.807) is 21.7 Å². The van der Waals surface area contributed by atoms with E-state index in [4.69, 9.17) is 14.7 Å². The largest absolute Gasteiger partial charge is 0.444 e. The van der Waals surface area contributed by atoms with Gasteiger partial charge >= 0.3 is 6.09 Å². The van der Waals surface area contributed by atoms with Crippen molar-refractivity contribution in [1.29, 1.82) is 0 Å². The summed E-state index contributed by atoms with van der Waals surface area (Å²) in [7, 11) is 0. The number of non-ortho nitro benzene ring substituents is 1. The zero-order chi connectivity index (χ0) is 28.5. The molecule has 0 unspecified atom stereocenters. The SMILES string of the molecule is CC(C)c1cnn2c(NCc3cccc([N+](=O)[O-])c3)nc(N[C@H]3CCC(C)(C)N(C(=O)OC(C)(C)C)C3)nc12. The lowest BCUT2D eigenvalue weighted by Crippen LogP contribution is -2.57. The third kappa shape index (κ3) is 6.55. The Balaban J connectivity index is 1.60. The first-order chi connectivity index (χ1) is 18.2. The van der Waals surface area contributed by atoms with Crippen LogP contribution >= 0.6 is 0 Å². The Bertz CT molecular complexity index is 1360. The first-order valence-corrected chi connectivity index (χ1v) is 13.2. The molecular weight excluding hydrogens is 500 g/mol. The van der Waals surface area contributed by atoms with Gasteiger partial charge in [0, 0.05) is 42.4 Å². The predicted octanol–water partition coefficient (Wildman–Crippen LogP) is 5.36. The van der Waals surface area contributed by atoms with Crippen LogP contribution in [0.4, 0.5) is 22.4 Å². The molecule has 1 saturated heterocycles. The molecule has 0 aliphatic carbocycles. The van der Waals surface area contributed by atoms with E-state index in [2.05, 4.69) is 29.6 Å². The van der Waals surface area contributed by atoms with Crippen LogP contribution in [-0.2, 0) is 11.3 Å². The average Bonchev–Trinajstić information content (AvgIpc) is 3.27. The minimum atomic E-state index is -0.587. The molecule has 1 atom stereocenters. The van der Waals surface area contributed by atoms with Crippen molar-refractivity contribution in [2.45, 2.75) is 91.0 Å². The van der Waals surface area contributed by atoms with Gasteiger partial charge in [-0.15, -0.1) is 0 Å². The number of anilines is 2. The van der Waals surface area contributed by atoms with Gasteiger partial charge in [0.2, 0.25) is 11.9 Å². The van der Waals surface area contributed by atoms with Gasteiger partial charge in [0.05, 0.1) is 11.1 Å². The molecule has 1 fully saturated rings. The van der Waals surface area contributed by atoms with Gasteiger partial charge in [0.1, 0.15) is 5.60 Å². The van der Waals surface area contributed by atoms with Crippen molar-refractivity contribution in [2.75, 3.05) is 17.2 Å². The standard InChI is InChI=1S/C27H38N8O4/c1-17(2)21-15-29-34-22(21)31-23(32-24(34)28-14-18-9-8-10-20(13-18)35(37)38)30-19-11-12-27(6,7)33(16-19)25(36)39-26(3,4)5/h8-10,13,15,17,19H,11-12,14,16H2,1-7H3,(H2,28,30,31,32)/t19-/m0/s1. The Hall–Kier alpha value is -3.96. The van der Waals surface area contributed by atoms with Crippen molar-refractivity contribution in [3.8, 4) is 0 Å². The zero-order valence-corrected chi connectivity index (χ0v) is 23.7. The van der Waals surface area contributed by atoms with Crippen LogP contribution in [0.1, 0.15) is 78.4 Å². The molecule has 1 amide bonds. The van der Waals surface area contributed by atoms with Gasteiger partial charge in [-0.1, -0.05) is 26.0 Å². The lowest BCUT2D eigenvalue weighted by atomic mass is 9.88. The number of nitrogens with zero attached hydrogens (tertiary/aromatic N) is 6. The summed E-state index contributed by atoms with van der Waals surface area (Å²) < 4.78 is 7.33. The number of hydrogen-bond acceptors (Lipinski definition) is 9. The fraction of sp³-hybridized carbons (Fsp3) is 0.556. The number of aromatic nitrogens is 4. The highest BCUT2D eigenvalue weighted by Gasteiger charge is 2.39. The second-order valence-corrected chi connectivity index (χ2v) is 11.9. The summed E-state index contributed by atoms with van der Waals surface area (Å²) in [5.74, 6) is 1.06. The number of piperidine rings is 1. The monoisotopic (exact) mass is 538 g/mol. The summed E-state index contributed by atoms with van der Waals surface area (Å²) >= 11 is 0. The van der Waals surface area contributed by atoms with Crippen LogP contribution in [0, 0.1) is 10.1 Å². The Morgan fingerprint density at radius 2 is 2.03 bits per heavy atom. The van der Waals surface area contributed by atoms with Gasteiger partial charge in [-0.2, -0.15) is 19.6 Å². The minimum absolute atomic E-state index is 0.0282. The first-order valence-electron chi connectivity index (χ1n) is 13.2. The van der Waals surface area contributed by atoms with E-state index in [9.17, 15) is 14.9 Å². The van der Waals surface area contributed by atoms with Crippen LogP contribution in [0.2, 0.25) is 0 Å². The number of amides is 1. The van der Waals surface area contributed by atoms with Gasteiger partial charge in [-0.05, 0) is 58.9 Å². The van der Waals surface area contributed by atoms with Gasteiger partial charge in [-0.3, -0.25) is 10.1 Å². The molecule has 0 saturated carbocycles. The number of carbonyl (C=O) groups excluding carboxylic acids is 1. The Labute approximate surface area is 228 Å². The Morgan fingerprint density at radius 1 is 1.28 bits per heavy atom. The molecule has 1 aliphatic heterocycles. The van der Waals surface area contributed by atoms with E-state index in [-0.39, 0.29) is 29.3 Å². The first kappa shape index (κ1) is 28.1. The molecule has 4 rings (SSSR count). The van der Waals surface area contributed by atoms with Crippen molar-refractivity contribution in [3.05, 3.63) is 51.7 Å². The van der Waals surface area contributed by atoms with Gasteiger partial charge in [0.15, 0.2) is 5.65 Å². The van der Waals surface area contributed by atoms with Crippen molar-refractivity contribution in [2.24, 2.45) is 0 Å². The van der Waals surface area contributed by atoms with Crippen LogP contribution in [0.15, 0.2) is 30.5 Å². The van der Waals surface area contributed by atoms with Crippen molar-refractivity contribution >= 4 is 29.3 Å². The molecule has 39 heavy (non-hydrogen) atoms. The summed E-state index contributed by atoms with van der Waals surface area (Å²) in [4.78, 5) is 35.0. The van der Waals surface area contributed by atoms with E-state index in [1.807, 2.05) is 40.7 Å². The zero-order valence-electron chi connectivity index (χ0n) is 23.7. The third-order valence-corrected chi connectivity index (χ3v) is 6.77. The number of fused-ring (bicyclic) bond motifs is 1. The normalized spacial score (nSPS) is 17.3. The van der Waals surface area contributed by atoms with Gasteiger partial charge < -0.3 is 20.3 Å². The molecule has 1 aromatic carbocycles. The fourth-order valence-electron chi connectivity index (χ4n) is 4.60. The molecule has 0 radical (unpaired) electrons. The maximum Gasteiger partial charge on any atom is 0.410 e. The summed E-state index contributed by atoms with van der Waals surface area (Å²) in [6.45, 7) is 14.6. The number of ether oxygens (including phenoxy) is 1. The second-order valence-electron chi connectivity index (χ2n) is 11.9. The number of nitro benzene ring substituents is 1. The number of likely N-dealkylation sites (tertiary alicyclic amines) is 1. The molecule has 12 heteroatoms. The van der Waals surface area contributed by atoms with Crippen molar-refractivity contribution in [3.63, 3.8) is 0 Å². The minimum Gasteiger partial charge on any atom is -0.444 e. The van der Waals surface area contributed by atoms with Gasteiger partial charge in [0.25, 0.3) is 5.69 Å². The van der Waals surface area contributed by atoms with Crippen molar-refractivity contribution < 1.29 is 14.5 Å². The lowest BCUT2D eigenvalue weighted by Gasteiger charge is -2.45. The molecule has 12 nitrogen and oxygen atoms in total. The Morgan fingerprint density at radius 3 is 2.69 bits per heavy atom. The van der Waals surface area contributed by atoms with E-state index in [1.165, 1.54) is 12.1 Å². The number of nitro groups is 1. The molecule has 210 valence electrons. The van der Waals surface area contributed by atoms with E-state index in [0.29, 0.717) is 30.6 Å². The molecule has 2 N–H and O–H groups in total. The number of rotatable bonds is 7. The summed E-state index contributed by atoms with van der Waals surface area (Å²) in [5, 5.41) is 22.4. The molecule has 3 aromatic rings. The number of carbonyl (C=O) groups is 1. The molecule has 3 heterocycles. The average molecular weight is 539 g/mol. The third-order valence-electron chi connectivity index (χ3n) is 6.77. The number of nitrogens with one attached hydrogen (secondary N) is 2. The van der Waals surface area contributed by atoms with Crippen LogP contribution in [0.25, 0.3) is 5.65 Å². The highest BCUT2D eigenvalue weighted by molar-refractivity contribution is 5.69. The van der Waals surface area contributed by atoms with Gasteiger partial charge in [-0.25, -0.2) is 4.79 Å². The fourth-order valence-corrected chi connectivity index (χ4v) is 4.60. The molecule has 1 aliphatic rings. The quantitative estimate of drug-likeness (QED) is 0.300. The Kier molecular flexibility index (Phi) is 7.67. The number of hydrogen-bond donors (Lipinski definition) is 2. The summed E-state index contributed by atoms with van der Waals surface area (Å²) in [6.07, 6.45) is 3.05. The predicted molar refractivity (Wildman–Crippen MR) is 149 cm³/mol. The number of benzene rings is 1. The van der Waals surface area contributed by atoms with E-state index in [0.717, 1.165) is 24.0 Å². The van der Waals surface area contributed by atoms with E-state index >= 15 is 0 Å². The second kappa shape index (κ2) is 10.7. The van der Waals surface area contributed by atoms with Crippen LogP contribution < -0.4 is 10.6 Å². The smallest absolute Gasteiger partial charge is 0.410 e. The van der Waals surface area contributed by atoms with E-state index < -0.39 is 10.5 Å². The topological polar surface area (TPSA) is 140 Å². The molecular formula is C27H38N8O4. The maximum atomic E-state index is 13.0. The van der Waals surface area contributed by atoms with Crippen LogP contribution in [0.5, 0.6) is 0 Å². The highest BCUT2D eigenvalue weighted by Crippen LogP contribution is 2.31. The highest BCUT2D eigenvalue weighted by atomic mass is 16.6. The summed E-state index contributed by atoms with van der Waals surface area (Å²) in [6, 6.07) is 6.38. The molecule has 0 spiro atoms. The molecule has 2 aromatic heterocycles. The van der Waals surface area contributed by atoms with Crippen molar-refractivity contribution in [1.82, 2.24) is 24.5 Å². The van der Waals surface area contributed by atoms with Crippen LogP contribution in [-0.4, -0.2) is 59.2 Å². The maximum absolute atomic E-state index is 13.0. The molecule has 0 bridgehead atoms. The lowest BCUT2D eigenvalue weighted by molar-refractivity contribution is -0.384. The van der Waals surface area contributed by atoms with Crippen LogP contribution in [0.3, 0.4) is 0 Å².